The van der Waals surface area contributed by atoms with E-state index in [0.717, 1.165) is 13.1 Å². The van der Waals surface area contributed by atoms with E-state index >= 15 is 0 Å². The molecule has 3 fully saturated rings. The summed E-state index contributed by atoms with van der Waals surface area (Å²) in [6.07, 6.45) is 3.82. The number of amidine groups is 1. The highest BCUT2D eigenvalue weighted by atomic mass is 16.5. The molecule has 0 aliphatic carbocycles. The molecule has 0 amide bonds. The number of ether oxygens (including phenoxy) is 1. The molecular formula is C14H18N4O2. The number of aromatic hydroxyl groups is 1. The van der Waals surface area contributed by atoms with E-state index in [1.54, 1.807) is 12.1 Å². The summed E-state index contributed by atoms with van der Waals surface area (Å²) in [5.41, 5.74) is -0.129. The van der Waals surface area contributed by atoms with E-state index in [2.05, 4.69) is 20.2 Å². The predicted molar refractivity (Wildman–Crippen MR) is 74.8 cm³/mol. The zero-order chi connectivity index (χ0) is 13.6. The maximum absolute atomic E-state index is 9.23. The SMILES string of the molecule is Oc1ccc(NC2=NC[C@@]3(CN4CCC3CC4)O2)nc1. The molecule has 5 heterocycles. The zero-order valence-corrected chi connectivity index (χ0v) is 11.2. The number of hydrogen-bond donors (Lipinski definition) is 2. The standard InChI is InChI=1S/C14H18N4O2/c19-11-1-2-12(15-7-11)17-13-16-8-14(20-13)9-18-5-3-10(14)4-6-18/h1-2,7,10,19H,3-6,8-9H2,(H,15,16,17)/t14-/m0/s1. The maximum atomic E-state index is 9.23. The first-order valence-electron chi connectivity index (χ1n) is 7.11. The topological polar surface area (TPSA) is 70.0 Å². The number of piperidine rings is 3. The normalized spacial score (nSPS) is 34.9. The largest absolute Gasteiger partial charge is 0.506 e. The molecule has 6 nitrogen and oxygen atoms in total. The van der Waals surface area contributed by atoms with Crippen molar-refractivity contribution in [1.82, 2.24) is 9.88 Å². The first kappa shape index (κ1) is 12.0. The van der Waals surface area contributed by atoms with Crippen LogP contribution < -0.4 is 5.32 Å². The van der Waals surface area contributed by atoms with Gasteiger partial charge >= 0.3 is 0 Å². The molecule has 106 valence electrons. The molecule has 1 aromatic rings. The molecule has 0 saturated carbocycles. The molecule has 2 N–H and O–H groups in total. The fourth-order valence-electron chi connectivity index (χ4n) is 3.52. The highest BCUT2D eigenvalue weighted by Crippen LogP contribution is 2.40. The number of hydrogen-bond acceptors (Lipinski definition) is 6. The number of nitrogens with one attached hydrogen (secondary N) is 1. The molecule has 20 heavy (non-hydrogen) atoms. The molecular weight excluding hydrogens is 256 g/mol. The molecule has 4 aliphatic rings. The lowest BCUT2D eigenvalue weighted by Gasteiger charge is -2.50. The summed E-state index contributed by atoms with van der Waals surface area (Å²) in [6, 6.07) is 3.86. The van der Waals surface area contributed by atoms with Gasteiger partial charge in [0.05, 0.1) is 12.7 Å². The lowest BCUT2D eigenvalue weighted by Crippen LogP contribution is -2.61. The molecule has 1 aromatic heterocycles. The summed E-state index contributed by atoms with van der Waals surface area (Å²) >= 11 is 0. The van der Waals surface area contributed by atoms with Crippen molar-refractivity contribution >= 4 is 11.8 Å². The Hall–Kier alpha value is -1.82. The zero-order valence-electron chi connectivity index (χ0n) is 11.2. The first-order chi connectivity index (χ1) is 9.73. The van der Waals surface area contributed by atoms with E-state index in [-0.39, 0.29) is 11.4 Å². The van der Waals surface area contributed by atoms with Crippen molar-refractivity contribution in [3.05, 3.63) is 18.3 Å². The number of aromatic nitrogens is 1. The Kier molecular flexibility index (Phi) is 2.60. The van der Waals surface area contributed by atoms with Crippen LogP contribution in [0.25, 0.3) is 0 Å². The van der Waals surface area contributed by atoms with Crippen LogP contribution >= 0.6 is 0 Å². The minimum absolute atomic E-state index is 0.129. The number of nitrogens with zero attached hydrogens (tertiary/aromatic N) is 3. The lowest BCUT2D eigenvalue weighted by atomic mass is 9.75. The Balaban J connectivity index is 1.46. The van der Waals surface area contributed by atoms with Gasteiger partial charge in [-0.05, 0) is 38.1 Å². The average molecular weight is 274 g/mol. The highest BCUT2D eigenvalue weighted by molar-refractivity contribution is 5.89. The summed E-state index contributed by atoms with van der Waals surface area (Å²) in [6.45, 7) is 4.10. The smallest absolute Gasteiger partial charge is 0.291 e. The van der Waals surface area contributed by atoms with E-state index in [0.29, 0.717) is 17.8 Å². The van der Waals surface area contributed by atoms with Crippen LogP contribution in [0, 0.1) is 5.92 Å². The number of fused-ring (bicyclic) bond motifs is 2. The van der Waals surface area contributed by atoms with Crippen LogP contribution in [0.4, 0.5) is 5.82 Å². The molecule has 1 spiro atoms. The van der Waals surface area contributed by atoms with Gasteiger partial charge in [0.2, 0.25) is 0 Å². The average Bonchev–Trinajstić information content (AvgIpc) is 2.85. The minimum Gasteiger partial charge on any atom is -0.506 e. The van der Waals surface area contributed by atoms with Crippen molar-refractivity contribution in [2.45, 2.75) is 18.4 Å². The number of aliphatic imine (C=N–C) groups is 1. The Bertz CT molecular complexity index is 537. The third-order valence-corrected chi connectivity index (χ3v) is 4.60. The van der Waals surface area contributed by atoms with Crippen LogP contribution in [-0.2, 0) is 4.74 Å². The van der Waals surface area contributed by atoms with E-state index in [1.165, 1.54) is 32.1 Å². The number of rotatable bonds is 1. The van der Waals surface area contributed by atoms with Crippen LogP contribution in [0.3, 0.4) is 0 Å². The third-order valence-electron chi connectivity index (χ3n) is 4.60. The summed E-state index contributed by atoms with van der Waals surface area (Å²) in [4.78, 5) is 11.1. The monoisotopic (exact) mass is 274 g/mol. The van der Waals surface area contributed by atoms with Crippen molar-refractivity contribution in [1.29, 1.82) is 0 Å². The van der Waals surface area contributed by atoms with Crippen molar-refractivity contribution in [2.24, 2.45) is 10.9 Å². The van der Waals surface area contributed by atoms with Gasteiger partial charge in [-0.15, -0.1) is 0 Å². The van der Waals surface area contributed by atoms with Crippen molar-refractivity contribution in [3.63, 3.8) is 0 Å². The van der Waals surface area contributed by atoms with Gasteiger partial charge in [-0.2, -0.15) is 0 Å². The van der Waals surface area contributed by atoms with Crippen molar-refractivity contribution in [2.75, 3.05) is 31.5 Å². The second-order valence-corrected chi connectivity index (χ2v) is 5.87. The Morgan fingerprint density at radius 2 is 2.20 bits per heavy atom. The first-order valence-corrected chi connectivity index (χ1v) is 7.11. The van der Waals surface area contributed by atoms with Gasteiger partial charge in [0.1, 0.15) is 17.2 Å². The molecule has 3 saturated heterocycles. The van der Waals surface area contributed by atoms with Crippen molar-refractivity contribution in [3.8, 4) is 5.75 Å². The van der Waals surface area contributed by atoms with E-state index < -0.39 is 0 Å². The second-order valence-electron chi connectivity index (χ2n) is 5.87. The van der Waals surface area contributed by atoms with Gasteiger partial charge in [0.25, 0.3) is 6.02 Å². The predicted octanol–water partition coefficient (Wildman–Crippen LogP) is 1.05. The number of pyridine rings is 1. The molecule has 6 heteroatoms. The van der Waals surface area contributed by atoms with Gasteiger partial charge in [0, 0.05) is 12.5 Å². The van der Waals surface area contributed by atoms with Gasteiger partial charge in [-0.3, -0.25) is 10.2 Å². The molecule has 1 atom stereocenters. The quantitative estimate of drug-likeness (QED) is 0.801. The van der Waals surface area contributed by atoms with Crippen LogP contribution in [0.15, 0.2) is 23.3 Å². The van der Waals surface area contributed by atoms with Gasteiger partial charge in [-0.25, -0.2) is 9.98 Å². The summed E-state index contributed by atoms with van der Waals surface area (Å²) < 4.78 is 6.15. The van der Waals surface area contributed by atoms with Gasteiger partial charge in [-0.1, -0.05) is 0 Å². The summed E-state index contributed by atoms with van der Waals surface area (Å²) in [7, 11) is 0. The second kappa shape index (κ2) is 4.34. The Morgan fingerprint density at radius 3 is 2.85 bits per heavy atom. The van der Waals surface area contributed by atoms with Gasteiger partial charge in [0.15, 0.2) is 0 Å². The summed E-state index contributed by atoms with van der Waals surface area (Å²) in [5, 5.41) is 12.3. The van der Waals surface area contributed by atoms with E-state index in [1.807, 2.05) is 0 Å². The van der Waals surface area contributed by atoms with E-state index in [9.17, 15) is 5.11 Å². The molecule has 0 unspecified atom stereocenters. The summed E-state index contributed by atoms with van der Waals surface area (Å²) in [5.74, 6) is 1.40. The molecule has 0 aromatic carbocycles. The number of anilines is 1. The molecule has 0 radical (unpaired) electrons. The van der Waals surface area contributed by atoms with Crippen LogP contribution in [0.5, 0.6) is 5.75 Å². The van der Waals surface area contributed by atoms with E-state index in [4.69, 9.17) is 4.74 Å². The van der Waals surface area contributed by atoms with Crippen LogP contribution in [-0.4, -0.2) is 52.8 Å². The molecule has 2 bridgehead atoms. The van der Waals surface area contributed by atoms with Crippen molar-refractivity contribution < 1.29 is 9.84 Å². The molecule has 4 aliphatic heterocycles. The minimum atomic E-state index is -0.129. The van der Waals surface area contributed by atoms with Crippen LogP contribution in [0.2, 0.25) is 0 Å². The fraction of sp³-hybridized carbons (Fsp3) is 0.571. The lowest BCUT2D eigenvalue weighted by molar-refractivity contribution is -0.0829. The van der Waals surface area contributed by atoms with Crippen LogP contribution in [0.1, 0.15) is 12.8 Å². The van der Waals surface area contributed by atoms with Gasteiger partial charge < -0.3 is 9.84 Å². The Morgan fingerprint density at radius 1 is 1.35 bits per heavy atom. The Labute approximate surface area is 117 Å². The maximum Gasteiger partial charge on any atom is 0.291 e. The highest BCUT2D eigenvalue weighted by Gasteiger charge is 2.51. The molecule has 5 rings (SSSR count). The third kappa shape index (κ3) is 1.91. The fourth-order valence-corrected chi connectivity index (χ4v) is 3.52.